The summed E-state index contributed by atoms with van der Waals surface area (Å²) in [5.41, 5.74) is 2.49. The molecule has 1 saturated carbocycles. The van der Waals surface area contributed by atoms with Crippen LogP contribution in [0.3, 0.4) is 0 Å². The van der Waals surface area contributed by atoms with Crippen LogP contribution in [0.5, 0.6) is 5.75 Å². The largest absolute Gasteiger partial charge is 0.543 e. The van der Waals surface area contributed by atoms with E-state index in [-0.39, 0.29) is 0 Å². The van der Waals surface area contributed by atoms with Gasteiger partial charge in [-0.3, -0.25) is 4.79 Å². The number of carbonyl (C=O) groups excluding carboxylic acids is 1. The van der Waals surface area contributed by atoms with Crippen LogP contribution >= 0.6 is 0 Å². The molecule has 0 aromatic heterocycles. The molecule has 0 saturated heterocycles. The first kappa shape index (κ1) is 20.2. The maximum atomic E-state index is 12.5. The molecule has 3 heteroatoms. The standard InChI is InChI=1S/C22H36O2Si/c1-16(2)25(17(3)4,18(5)6)24-21-13-11-20(12-14-21)22(23)15-19-9-7-8-10-19/h11-14,16-19H,7-10,15H2,1-6H3. The summed E-state index contributed by atoms with van der Waals surface area (Å²) in [5.74, 6) is 1.82. The van der Waals surface area contributed by atoms with Gasteiger partial charge < -0.3 is 4.43 Å². The molecule has 140 valence electrons. The van der Waals surface area contributed by atoms with E-state index in [4.69, 9.17) is 4.43 Å². The highest BCUT2D eigenvalue weighted by Gasteiger charge is 2.46. The number of hydrogen-bond donors (Lipinski definition) is 0. The van der Waals surface area contributed by atoms with Gasteiger partial charge >= 0.3 is 0 Å². The van der Waals surface area contributed by atoms with Crippen LogP contribution in [0, 0.1) is 5.92 Å². The fraction of sp³-hybridized carbons (Fsp3) is 0.682. The molecule has 0 atom stereocenters. The third-order valence-electron chi connectivity index (χ3n) is 6.13. The summed E-state index contributed by atoms with van der Waals surface area (Å²) in [6, 6.07) is 7.95. The van der Waals surface area contributed by atoms with Crippen molar-refractivity contribution >= 4 is 14.1 Å². The van der Waals surface area contributed by atoms with Crippen molar-refractivity contribution in [2.45, 2.75) is 90.3 Å². The third kappa shape index (κ3) is 4.55. The average Bonchev–Trinajstić information content (AvgIpc) is 3.05. The van der Waals surface area contributed by atoms with Crippen molar-refractivity contribution in [3.05, 3.63) is 29.8 Å². The molecule has 2 rings (SSSR count). The van der Waals surface area contributed by atoms with Crippen LogP contribution in [0.4, 0.5) is 0 Å². The minimum absolute atomic E-state index is 0.290. The fourth-order valence-electron chi connectivity index (χ4n) is 4.86. The Morgan fingerprint density at radius 1 is 0.960 bits per heavy atom. The van der Waals surface area contributed by atoms with Gasteiger partial charge in [-0.1, -0.05) is 67.2 Å². The number of Topliss-reactive ketones (excluding diaryl/α,β-unsaturated/α-hetero) is 1. The molecule has 25 heavy (non-hydrogen) atoms. The molecule has 1 aromatic carbocycles. The Hall–Kier alpha value is -1.09. The molecule has 0 amide bonds. The van der Waals surface area contributed by atoms with Crippen LogP contribution in [0.15, 0.2) is 24.3 Å². The Labute approximate surface area is 155 Å². The van der Waals surface area contributed by atoms with Crippen molar-refractivity contribution in [3.63, 3.8) is 0 Å². The fourth-order valence-corrected chi connectivity index (χ4v) is 10.1. The molecule has 0 spiro atoms. The minimum Gasteiger partial charge on any atom is -0.543 e. The van der Waals surface area contributed by atoms with Gasteiger partial charge in [0.15, 0.2) is 5.78 Å². The maximum absolute atomic E-state index is 12.5. The maximum Gasteiger partial charge on any atom is 0.258 e. The molecule has 0 radical (unpaired) electrons. The normalized spacial score (nSPS) is 16.2. The van der Waals surface area contributed by atoms with Gasteiger partial charge in [0.05, 0.1) is 0 Å². The van der Waals surface area contributed by atoms with E-state index in [1.165, 1.54) is 25.7 Å². The molecule has 1 aliphatic carbocycles. The van der Waals surface area contributed by atoms with E-state index in [1.54, 1.807) is 0 Å². The zero-order valence-electron chi connectivity index (χ0n) is 17.0. The number of carbonyl (C=O) groups is 1. The van der Waals surface area contributed by atoms with Gasteiger partial charge in [-0.05, 0) is 46.8 Å². The van der Waals surface area contributed by atoms with E-state index in [2.05, 4.69) is 41.5 Å². The topological polar surface area (TPSA) is 26.3 Å². The first-order valence-corrected chi connectivity index (χ1v) is 12.2. The number of rotatable bonds is 8. The predicted octanol–water partition coefficient (Wildman–Crippen LogP) is 7.00. The zero-order chi connectivity index (χ0) is 18.6. The molecular formula is C22H36O2Si. The Kier molecular flexibility index (Phi) is 6.90. The summed E-state index contributed by atoms with van der Waals surface area (Å²) in [6.45, 7) is 13.8. The third-order valence-corrected chi connectivity index (χ3v) is 12.1. The molecule has 0 N–H and O–H groups in total. The van der Waals surface area contributed by atoms with E-state index in [0.717, 1.165) is 11.3 Å². The Morgan fingerprint density at radius 3 is 1.88 bits per heavy atom. The van der Waals surface area contributed by atoms with Crippen molar-refractivity contribution in [1.82, 2.24) is 0 Å². The quantitative estimate of drug-likeness (QED) is 0.368. The lowest BCUT2D eigenvalue weighted by Crippen LogP contribution is -2.50. The van der Waals surface area contributed by atoms with E-state index in [1.807, 2.05) is 24.3 Å². The minimum atomic E-state index is -1.93. The highest BCUT2D eigenvalue weighted by Crippen LogP contribution is 2.42. The van der Waals surface area contributed by atoms with Gasteiger partial charge in [0.1, 0.15) is 5.75 Å². The number of hydrogen-bond acceptors (Lipinski definition) is 2. The van der Waals surface area contributed by atoms with Crippen LogP contribution < -0.4 is 4.43 Å². The Morgan fingerprint density at radius 2 is 1.44 bits per heavy atom. The predicted molar refractivity (Wildman–Crippen MR) is 109 cm³/mol. The van der Waals surface area contributed by atoms with Crippen LogP contribution in [0.1, 0.15) is 84.0 Å². The number of benzene rings is 1. The van der Waals surface area contributed by atoms with E-state index < -0.39 is 8.32 Å². The highest BCUT2D eigenvalue weighted by atomic mass is 28.4. The van der Waals surface area contributed by atoms with Gasteiger partial charge in [-0.25, -0.2) is 0 Å². The average molecular weight is 361 g/mol. The van der Waals surface area contributed by atoms with E-state index >= 15 is 0 Å². The molecular weight excluding hydrogens is 324 g/mol. The Balaban J connectivity index is 2.11. The molecule has 2 nitrogen and oxygen atoms in total. The lowest BCUT2D eigenvalue weighted by molar-refractivity contribution is 0.0962. The van der Waals surface area contributed by atoms with Gasteiger partial charge in [-0.15, -0.1) is 0 Å². The molecule has 0 heterocycles. The molecule has 1 aromatic rings. The van der Waals surface area contributed by atoms with Crippen molar-refractivity contribution in [3.8, 4) is 5.75 Å². The van der Waals surface area contributed by atoms with Crippen molar-refractivity contribution < 1.29 is 9.22 Å². The smallest absolute Gasteiger partial charge is 0.258 e. The van der Waals surface area contributed by atoms with E-state index in [0.29, 0.717) is 34.7 Å². The van der Waals surface area contributed by atoms with Gasteiger partial charge in [0, 0.05) is 12.0 Å². The summed E-state index contributed by atoms with van der Waals surface area (Å²) in [6.07, 6.45) is 5.73. The summed E-state index contributed by atoms with van der Waals surface area (Å²) >= 11 is 0. The summed E-state index contributed by atoms with van der Waals surface area (Å²) in [4.78, 5) is 12.5. The molecule has 1 aliphatic rings. The highest BCUT2D eigenvalue weighted by molar-refractivity contribution is 6.78. The lowest BCUT2D eigenvalue weighted by atomic mass is 9.97. The van der Waals surface area contributed by atoms with Crippen LogP contribution in [0.2, 0.25) is 16.6 Å². The van der Waals surface area contributed by atoms with Crippen molar-refractivity contribution in [1.29, 1.82) is 0 Å². The molecule has 1 fully saturated rings. The van der Waals surface area contributed by atoms with E-state index in [9.17, 15) is 4.79 Å². The second kappa shape index (κ2) is 8.53. The summed E-state index contributed by atoms with van der Waals surface area (Å²) < 4.78 is 6.68. The lowest BCUT2D eigenvalue weighted by Gasteiger charge is -2.42. The van der Waals surface area contributed by atoms with Crippen LogP contribution in [0.25, 0.3) is 0 Å². The van der Waals surface area contributed by atoms with Crippen molar-refractivity contribution in [2.24, 2.45) is 5.92 Å². The van der Waals surface area contributed by atoms with Crippen LogP contribution in [-0.4, -0.2) is 14.1 Å². The second-order valence-electron chi connectivity index (χ2n) is 8.72. The first-order chi connectivity index (χ1) is 11.8. The van der Waals surface area contributed by atoms with Gasteiger partial charge in [0.2, 0.25) is 0 Å². The number of ketones is 1. The molecule has 0 unspecified atom stereocenters. The summed E-state index contributed by atoms with van der Waals surface area (Å²) in [7, 11) is -1.93. The van der Waals surface area contributed by atoms with Crippen molar-refractivity contribution in [2.75, 3.05) is 0 Å². The zero-order valence-corrected chi connectivity index (χ0v) is 18.0. The SMILES string of the molecule is CC(C)[Si](Oc1ccc(C(=O)CC2CCCC2)cc1)(C(C)C)C(C)C. The van der Waals surface area contributed by atoms with Gasteiger partial charge in [-0.2, -0.15) is 0 Å². The van der Waals surface area contributed by atoms with Crippen LogP contribution in [-0.2, 0) is 0 Å². The Bertz CT molecular complexity index is 532. The summed E-state index contributed by atoms with van der Waals surface area (Å²) in [5, 5.41) is 0. The molecule has 0 bridgehead atoms. The van der Waals surface area contributed by atoms with Gasteiger partial charge in [0.25, 0.3) is 8.32 Å². The first-order valence-electron chi connectivity index (χ1n) is 10.1. The molecule has 0 aliphatic heterocycles. The second-order valence-corrected chi connectivity index (χ2v) is 14.1. The monoisotopic (exact) mass is 360 g/mol.